The van der Waals surface area contributed by atoms with E-state index in [-0.39, 0.29) is 0 Å². The van der Waals surface area contributed by atoms with Crippen LogP contribution in [0.3, 0.4) is 0 Å². The summed E-state index contributed by atoms with van der Waals surface area (Å²) in [6.07, 6.45) is 2.22. The lowest BCUT2D eigenvalue weighted by molar-refractivity contribution is 0.922. The molecule has 21 heavy (non-hydrogen) atoms. The molecule has 0 fully saturated rings. The third-order valence-corrected chi connectivity index (χ3v) is 2.90. The average Bonchev–Trinajstić information content (AvgIpc) is 2.49. The van der Waals surface area contributed by atoms with Crippen molar-refractivity contribution in [3.05, 3.63) is 29.8 Å². The summed E-state index contributed by atoms with van der Waals surface area (Å²) >= 11 is 0. The van der Waals surface area contributed by atoms with E-state index in [1.165, 1.54) is 5.56 Å². The van der Waals surface area contributed by atoms with E-state index in [4.69, 9.17) is 5.84 Å². The van der Waals surface area contributed by atoms with Crippen molar-refractivity contribution in [3.63, 3.8) is 0 Å². The molecular weight excluding hydrogens is 266 g/mol. The molecule has 112 valence electrons. The number of hydrogen-bond acceptors (Lipinski definition) is 7. The van der Waals surface area contributed by atoms with E-state index in [0.717, 1.165) is 18.5 Å². The van der Waals surface area contributed by atoms with Gasteiger partial charge in [-0.15, -0.1) is 0 Å². The van der Waals surface area contributed by atoms with E-state index < -0.39 is 0 Å². The zero-order valence-electron chi connectivity index (χ0n) is 12.6. The number of anilines is 4. The van der Waals surface area contributed by atoms with Crippen molar-refractivity contribution >= 4 is 23.5 Å². The molecule has 0 saturated heterocycles. The second kappa shape index (κ2) is 6.85. The number of nitrogen functional groups attached to an aromatic ring is 1. The molecule has 4 N–H and O–H groups in total. The minimum absolute atomic E-state index is 0.318. The number of aromatic nitrogens is 3. The monoisotopic (exact) mass is 287 g/mol. The van der Waals surface area contributed by atoms with Crippen LogP contribution >= 0.6 is 0 Å². The molecule has 1 aromatic carbocycles. The number of aryl methyl sites for hydroxylation is 1. The van der Waals surface area contributed by atoms with Crippen molar-refractivity contribution in [1.82, 2.24) is 15.0 Å². The van der Waals surface area contributed by atoms with Gasteiger partial charge in [0.1, 0.15) is 0 Å². The van der Waals surface area contributed by atoms with Crippen LogP contribution in [0.2, 0.25) is 0 Å². The van der Waals surface area contributed by atoms with Crippen molar-refractivity contribution in [1.29, 1.82) is 0 Å². The SMILES string of the molecule is CCCc1ccc(Nc2nc(NN)nc(N(C)C)n2)cc1. The van der Waals surface area contributed by atoms with Crippen LogP contribution < -0.4 is 21.5 Å². The van der Waals surface area contributed by atoms with Crippen molar-refractivity contribution < 1.29 is 0 Å². The Balaban J connectivity index is 2.19. The van der Waals surface area contributed by atoms with Crippen LogP contribution in [0.5, 0.6) is 0 Å². The Bertz CT molecular complexity index is 580. The Kier molecular flexibility index (Phi) is 4.89. The largest absolute Gasteiger partial charge is 0.347 e. The third-order valence-electron chi connectivity index (χ3n) is 2.90. The van der Waals surface area contributed by atoms with Crippen LogP contribution in [-0.2, 0) is 6.42 Å². The second-order valence-electron chi connectivity index (χ2n) is 4.89. The Hall–Kier alpha value is -2.41. The van der Waals surface area contributed by atoms with Crippen molar-refractivity contribution in [2.75, 3.05) is 29.7 Å². The van der Waals surface area contributed by atoms with Gasteiger partial charge in [-0.1, -0.05) is 25.5 Å². The molecule has 0 saturated carbocycles. The molecule has 1 aromatic heterocycles. The summed E-state index contributed by atoms with van der Waals surface area (Å²) in [6, 6.07) is 8.23. The highest BCUT2D eigenvalue weighted by Crippen LogP contribution is 2.17. The van der Waals surface area contributed by atoms with Gasteiger partial charge in [0.15, 0.2) is 0 Å². The highest BCUT2D eigenvalue weighted by Gasteiger charge is 2.07. The summed E-state index contributed by atoms with van der Waals surface area (Å²) < 4.78 is 0. The zero-order valence-corrected chi connectivity index (χ0v) is 12.6. The van der Waals surface area contributed by atoms with Crippen LogP contribution in [0.1, 0.15) is 18.9 Å². The van der Waals surface area contributed by atoms with Gasteiger partial charge in [-0.3, -0.25) is 5.43 Å². The summed E-state index contributed by atoms with van der Waals surface area (Å²) in [5.41, 5.74) is 4.69. The van der Waals surface area contributed by atoms with Gasteiger partial charge in [-0.05, 0) is 24.1 Å². The lowest BCUT2D eigenvalue weighted by Crippen LogP contribution is -2.18. The molecule has 7 nitrogen and oxygen atoms in total. The molecule has 0 radical (unpaired) electrons. The van der Waals surface area contributed by atoms with Crippen LogP contribution in [0, 0.1) is 0 Å². The molecule has 0 aliphatic heterocycles. The first-order valence-corrected chi connectivity index (χ1v) is 6.88. The lowest BCUT2D eigenvalue weighted by atomic mass is 10.1. The summed E-state index contributed by atoms with van der Waals surface area (Å²) in [5, 5.41) is 3.16. The number of nitrogens with one attached hydrogen (secondary N) is 2. The Morgan fingerprint density at radius 2 is 1.71 bits per heavy atom. The minimum Gasteiger partial charge on any atom is -0.347 e. The van der Waals surface area contributed by atoms with E-state index in [2.05, 4.69) is 44.8 Å². The van der Waals surface area contributed by atoms with Crippen LogP contribution in [0.15, 0.2) is 24.3 Å². The number of nitrogens with zero attached hydrogens (tertiary/aromatic N) is 4. The van der Waals surface area contributed by atoms with E-state index in [1.807, 2.05) is 26.2 Å². The first-order chi connectivity index (χ1) is 10.1. The first-order valence-electron chi connectivity index (χ1n) is 6.88. The third kappa shape index (κ3) is 4.03. The molecule has 0 aliphatic rings. The molecule has 0 amide bonds. The molecule has 7 heteroatoms. The molecule has 1 heterocycles. The van der Waals surface area contributed by atoms with E-state index in [0.29, 0.717) is 17.8 Å². The molecule has 0 atom stereocenters. The minimum atomic E-state index is 0.318. The number of benzene rings is 1. The molecule has 2 rings (SSSR count). The first kappa shape index (κ1) is 15.0. The van der Waals surface area contributed by atoms with Crippen LogP contribution in [-0.4, -0.2) is 29.0 Å². The van der Waals surface area contributed by atoms with Gasteiger partial charge in [-0.25, -0.2) is 5.84 Å². The zero-order chi connectivity index (χ0) is 15.2. The Labute approximate surface area is 124 Å². The van der Waals surface area contributed by atoms with Crippen LogP contribution in [0.4, 0.5) is 23.5 Å². The van der Waals surface area contributed by atoms with Gasteiger partial charge in [0.05, 0.1) is 0 Å². The molecule has 2 aromatic rings. The molecule has 0 bridgehead atoms. The maximum atomic E-state index is 5.39. The van der Waals surface area contributed by atoms with Crippen molar-refractivity contribution in [2.45, 2.75) is 19.8 Å². The predicted molar refractivity (Wildman–Crippen MR) is 85.7 cm³/mol. The maximum absolute atomic E-state index is 5.39. The molecule has 0 unspecified atom stereocenters. The molecular formula is C14H21N7. The van der Waals surface area contributed by atoms with Gasteiger partial charge in [0.2, 0.25) is 17.8 Å². The molecule has 0 aliphatic carbocycles. The van der Waals surface area contributed by atoms with Gasteiger partial charge in [0.25, 0.3) is 0 Å². The average molecular weight is 287 g/mol. The Morgan fingerprint density at radius 3 is 2.29 bits per heavy atom. The Morgan fingerprint density at radius 1 is 1.05 bits per heavy atom. The highest BCUT2D eigenvalue weighted by atomic mass is 15.4. The maximum Gasteiger partial charge on any atom is 0.243 e. The number of hydrazine groups is 1. The summed E-state index contributed by atoms with van der Waals surface area (Å²) in [6.45, 7) is 2.17. The van der Waals surface area contributed by atoms with Crippen molar-refractivity contribution in [3.8, 4) is 0 Å². The molecule has 0 spiro atoms. The fourth-order valence-corrected chi connectivity index (χ4v) is 1.86. The smallest absolute Gasteiger partial charge is 0.243 e. The second-order valence-corrected chi connectivity index (χ2v) is 4.89. The standard InChI is InChI=1S/C14H21N7/c1-4-5-10-6-8-11(9-7-10)16-12-17-13(20-15)19-14(18-12)21(2)3/h6-9H,4-5,15H2,1-3H3,(H2,16,17,18,19,20). The highest BCUT2D eigenvalue weighted by molar-refractivity contribution is 5.56. The van der Waals surface area contributed by atoms with E-state index >= 15 is 0 Å². The number of hydrogen-bond donors (Lipinski definition) is 3. The normalized spacial score (nSPS) is 10.3. The van der Waals surface area contributed by atoms with Gasteiger partial charge < -0.3 is 10.2 Å². The summed E-state index contributed by atoms with van der Waals surface area (Å²) in [4.78, 5) is 14.5. The van der Waals surface area contributed by atoms with Gasteiger partial charge >= 0.3 is 0 Å². The van der Waals surface area contributed by atoms with Crippen LogP contribution in [0.25, 0.3) is 0 Å². The lowest BCUT2D eigenvalue weighted by Gasteiger charge is -2.13. The fraction of sp³-hybridized carbons (Fsp3) is 0.357. The quantitative estimate of drug-likeness (QED) is 0.552. The van der Waals surface area contributed by atoms with E-state index in [9.17, 15) is 0 Å². The fourth-order valence-electron chi connectivity index (χ4n) is 1.86. The topological polar surface area (TPSA) is 92.0 Å². The predicted octanol–water partition coefficient (Wildman–Crippen LogP) is 1.92. The van der Waals surface area contributed by atoms with Gasteiger partial charge in [0, 0.05) is 19.8 Å². The summed E-state index contributed by atoms with van der Waals surface area (Å²) in [5.74, 6) is 6.68. The number of rotatable bonds is 6. The van der Waals surface area contributed by atoms with E-state index in [1.54, 1.807) is 4.90 Å². The van der Waals surface area contributed by atoms with Gasteiger partial charge in [-0.2, -0.15) is 15.0 Å². The summed E-state index contributed by atoms with van der Waals surface area (Å²) in [7, 11) is 3.72. The number of nitrogens with two attached hydrogens (primary N) is 1. The van der Waals surface area contributed by atoms with Crippen molar-refractivity contribution in [2.24, 2.45) is 5.84 Å².